The van der Waals surface area contributed by atoms with Crippen LogP contribution in [0.3, 0.4) is 0 Å². The van der Waals surface area contributed by atoms with Gasteiger partial charge in [0.1, 0.15) is 30.7 Å². The van der Waals surface area contributed by atoms with Gasteiger partial charge < -0.3 is 39.9 Å². The average molecular weight is 1040 g/mol. The predicted octanol–water partition coefficient (Wildman–Crippen LogP) is 11.2. The van der Waals surface area contributed by atoms with E-state index in [1.807, 2.05) is 0 Å². The molecule has 0 amide bonds. The summed E-state index contributed by atoms with van der Waals surface area (Å²) >= 11 is 0. The van der Waals surface area contributed by atoms with Crippen LogP contribution in [0.15, 0.2) is 17.1 Å². The van der Waals surface area contributed by atoms with Crippen LogP contribution in [0.2, 0.25) is 0 Å². The summed E-state index contributed by atoms with van der Waals surface area (Å²) in [6, 6.07) is 1.25. The van der Waals surface area contributed by atoms with Gasteiger partial charge in [-0.15, -0.1) is 0 Å². The molecule has 2 heterocycles. The summed E-state index contributed by atoms with van der Waals surface area (Å²) in [4.78, 5) is 62.0. The minimum Gasteiger partial charge on any atom is -0.462 e. The quantitative estimate of drug-likeness (QED) is 0.0231. The first kappa shape index (κ1) is 63.9. The molecule has 6 N–H and O–H groups in total. The van der Waals surface area contributed by atoms with Crippen molar-refractivity contribution in [3.63, 3.8) is 0 Å². The Morgan fingerprint density at radius 2 is 1.14 bits per heavy atom. The number of esters is 2. The maximum Gasteiger partial charge on any atom is 0.481 e. The van der Waals surface area contributed by atoms with Crippen LogP contribution in [0.1, 0.15) is 227 Å². The maximum atomic E-state index is 12.9. The summed E-state index contributed by atoms with van der Waals surface area (Å²) in [5, 5.41) is 20.9. The molecule has 408 valence electrons. The van der Waals surface area contributed by atoms with Crippen molar-refractivity contribution in [2.24, 2.45) is 11.8 Å². The van der Waals surface area contributed by atoms with Crippen LogP contribution in [-0.4, -0.2) is 85.7 Å². The Morgan fingerprint density at radius 3 is 1.63 bits per heavy atom. The average Bonchev–Trinajstić information content (AvgIpc) is 3.58. The number of hydrogen-bond acceptors (Lipinski definition) is 15. The summed E-state index contributed by atoms with van der Waals surface area (Å²) < 4.78 is 56.9. The molecule has 0 bridgehead atoms. The Bertz CT molecular complexity index is 1700. The summed E-state index contributed by atoms with van der Waals surface area (Å²) in [6.07, 6.45) is 26.1. The molecule has 1 fully saturated rings. The number of nitrogens with two attached hydrogens (primary N) is 1. The van der Waals surface area contributed by atoms with E-state index in [0.29, 0.717) is 12.8 Å². The minimum atomic E-state index is -5.42. The van der Waals surface area contributed by atoms with Crippen molar-refractivity contribution in [3.8, 4) is 0 Å². The van der Waals surface area contributed by atoms with Gasteiger partial charge in [0, 0.05) is 19.0 Å². The molecule has 0 aromatic carbocycles. The number of ether oxygens (including phenoxy) is 3. The molecule has 18 nitrogen and oxygen atoms in total. The van der Waals surface area contributed by atoms with Crippen molar-refractivity contribution < 1.29 is 66.3 Å². The standard InChI is InChI=1S/C50H93N3O15P2/c1-5-41(4)32-28-24-20-16-13-14-17-21-25-29-33-45(54)63-37-42(66-46(55)34-30-26-22-18-12-10-8-6-7-9-11-15-19-23-27-31-40(2)3)38-64-69(59,60)68-70(61,62)65-39-43-47(56)48(57)49(67-43)53-36-35-44(51)52-50(53)58/h35-36,40-43,47-49,56-57H,5-34,37-39H2,1-4H3,(H,59,60)(H,61,62)(H2,51,52,58)/t41?,42-,43-,47+,48?,49-/m1/s1. The molecule has 70 heavy (non-hydrogen) atoms. The molecule has 1 aliphatic heterocycles. The minimum absolute atomic E-state index is 0.0570. The Morgan fingerprint density at radius 1 is 0.686 bits per heavy atom. The molecule has 1 aromatic rings. The van der Waals surface area contributed by atoms with Gasteiger partial charge in [-0.25, -0.2) is 13.9 Å². The Labute approximate surface area is 419 Å². The molecule has 1 saturated heterocycles. The number of carbonyl (C=O) groups is 2. The molecule has 0 aliphatic carbocycles. The van der Waals surface area contributed by atoms with Gasteiger partial charge >= 0.3 is 33.3 Å². The molecule has 0 radical (unpaired) electrons. The molecule has 1 aliphatic rings. The number of aliphatic hydroxyl groups excluding tert-OH is 2. The molecule has 2 rings (SSSR count). The van der Waals surface area contributed by atoms with Crippen molar-refractivity contribution in [1.82, 2.24) is 9.55 Å². The normalized spacial score (nSPS) is 19.7. The number of hydrogen-bond donors (Lipinski definition) is 5. The number of unbranched alkanes of at least 4 members (excludes halogenated alkanes) is 23. The fourth-order valence-electron chi connectivity index (χ4n) is 8.36. The predicted molar refractivity (Wildman–Crippen MR) is 270 cm³/mol. The second-order valence-corrected chi connectivity index (χ2v) is 22.9. The number of nitrogen functional groups attached to an aromatic ring is 1. The zero-order valence-electron chi connectivity index (χ0n) is 43.2. The lowest BCUT2D eigenvalue weighted by Gasteiger charge is -2.21. The third-order valence-electron chi connectivity index (χ3n) is 12.9. The number of phosphoric acid groups is 2. The lowest BCUT2D eigenvalue weighted by atomic mass is 9.99. The summed E-state index contributed by atoms with van der Waals surface area (Å²) in [6.45, 7) is 6.84. The smallest absolute Gasteiger partial charge is 0.462 e. The van der Waals surface area contributed by atoms with Crippen molar-refractivity contribution in [3.05, 3.63) is 22.7 Å². The Balaban J connectivity index is 1.77. The first-order valence-electron chi connectivity index (χ1n) is 26.8. The van der Waals surface area contributed by atoms with Crippen molar-refractivity contribution in [1.29, 1.82) is 0 Å². The number of aliphatic hydroxyl groups is 2. The molecule has 0 saturated carbocycles. The molecule has 0 spiro atoms. The first-order chi connectivity index (χ1) is 33.4. The zero-order chi connectivity index (χ0) is 51.6. The Kier molecular flexibility index (Phi) is 34.2. The molecule has 20 heteroatoms. The van der Waals surface area contributed by atoms with Crippen LogP contribution in [0.25, 0.3) is 0 Å². The third kappa shape index (κ3) is 30.7. The van der Waals surface area contributed by atoms with E-state index in [9.17, 15) is 43.5 Å². The second kappa shape index (κ2) is 37.5. The highest BCUT2D eigenvalue weighted by Gasteiger charge is 2.46. The monoisotopic (exact) mass is 1040 g/mol. The second-order valence-electron chi connectivity index (χ2n) is 19.8. The van der Waals surface area contributed by atoms with Crippen LogP contribution in [-0.2, 0) is 46.3 Å². The van der Waals surface area contributed by atoms with E-state index in [1.165, 1.54) is 128 Å². The van der Waals surface area contributed by atoms with E-state index in [2.05, 4.69) is 37.0 Å². The van der Waals surface area contributed by atoms with Gasteiger partial charge in [-0.1, -0.05) is 195 Å². The SMILES string of the molecule is CCC(C)CCCCCCCCCCCCC(=O)OC[C@H](COP(=O)(O)OP(=O)(O)OC[C@H]1O[C@@H](n2ccc(N)nc2=O)C(O)[C@H]1O)OC(=O)CCCCCCCCCCCCCCCCCC(C)C. The Hall–Kier alpha value is -2.24. The van der Waals surface area contributed by atoms with E-state index < -0.39 is 83.7 Å². The third-order valence-corrected chi connectivity index (χ3v) is 15.5. The van der Waals surface area contributed by atoms with Gasteiger partial charge in [0.15, 0.2) is 12.3 Å². The van der Waals surface area contributed by atoms with Crippen LogP contribution >= 0.6 is 15.6 Å². The number of carbonyl (C=O) groups excluding carboxylic acids is 2. The largest absolute Gasteiger partial charge is 0.481 e. The summed E-state index contributed by atoms with van der Waals surface area (Å²) in [5.74, 6) is 0.331. The van der Waals surface area contributed by atoms with E-state index in [0.717, 1.165) is 67.8 Å². The van der Waals surface area contributed by atoms with Crippen molar-refractivity contribution in [2.75, 3.05) is 25.6 Å². The molecule has 8 atom stereocenters. The van der Waals surface area contributed by atoms with Gasteiger partial charge in [-0.3, -0.25) is 23.2 Å². The number of phosphoric ester groups is 2. The number of nitrogens with zero attached hydrogens (tertiary/aromatic N) is 2. The number of aromatic nitrogens is 2. The maximum absolute atomic E-state index is 12.9. The van der Waals surface area contributed by atoms with Gasteiger partial charge in [0.05, 0.1) is 13.2 Å². The van der Waals surface area contributed by atoms with Crippen LogP contribution in [0.4, 0.5) is 5.82 Å². The van der Waals surface area contributed by atoms with E-state index in [1.54, 1.807) is 0 Å². The molecule has 4 unspecified atom stereocenters. The summed E-state index contributed by atoms with van der Waals surface area (Å²) in [7, 11) is -10.8. The molecule has 1 aromatic heterocycles. The first-order valence-corrected chi connectivity index (χ1v) is 29.8. The van der Waals surface area contributed by atoms with E-state index in [4.69, 9.17) is 29.0 Å². The van der Waals surface area contributed by atoms with Crippen molar-refractivity contribution >= 4 is 33.4 Å². The topological polar surface area (TPSA) is 265 Å². The van der Waals surface area contributed by atoms with Gasteiger partial charge in [0.25, 0.3) is 0 Å². The van der Waals surface area contributed by atoms with Gasteiger partial charge in [-0.2, -0.15) is 9.29 Å². The van der Waals surface area contributed by atoms with E-state index in [-0.39, 0.29) is 18.7 Å². The fourth-order valence-corrected chi connectivity index (χ4v) is 10.5. The molecular weight excluding hydrogens is 945 g/mol. The highest BCUT2D eigenvalue weighted by molar-refractivity contribution is 7.61. The zero-order valence-corrected chi connectivity index (χ0v) is 45.0. The van der Waals surface area contributed by atoms with Crippen LogP contribution in [0, 0.1) is 11.8 Å². The van der Waals surface area contributed by atoms with Crippen LogP contribution < -0.4 is 11.4 Å². The lowest BCUT2D eigenvalue weighted by molar-refractivity contribution is -0.161. The lowest BCUT2D eigenvalue weighted by Crippen LogP contribution is -2.36. The molecular formula is C50H93N3O15P2. The van der Waals surface area contributed by atoms with Gasteiger partial charge in [0.2, 0.25) is 0 Å². The van der Waals surface area contributed by atoms with Crippen LogP contribution in [0.5, 0.6) is 0 Å². The number of rotatable bonds is 44. The van der Waals surface area contributed by atoms with E-state index >= 15 is 0 Å². The number of anilines is 1. The highest BCUT2D eigenvalue weighted by atomic mass is 31.3. The summed E-state index contributed by atoms with van der Waals surface area (Å²) in [5.41, 5.74) is 4.60. The van der Waals surface area contributed by atoms with Crippen molar-refractivity contribution in [2.45, 2.75) is 251 Å². The highest BCUT2D eigenvalue weighted by Crippen LogP contribution is 2.60. The fraction of sp³-hybridized carbons (Fsp3) is 0.880. The van der Waals surface area contributed by atoms with Gasteiger partial charge in [-0.05, 0) is 30.7 Å².